The highest BCUT2D eigenvalue weighted by molar-refractivity contribution is 9.12. The van der Waals surface area contributed by atoms with E-state index in [1.54, 1.807) is 42.5 Å². The van der Waals surface area contributed by atoms with E-state index in [0.29, 0.717) is 21.3 Å². The van der Waals surface area contributed by atoms with Crippen LogP contribution in [0.3, 0.4) is 0 Å². The molecular weight excluding hydrogens is 511 g/mol. The molecule has 0 aromatic heterocycles. The van der Waals surface area contributed by atoms with Crippen LogP contribution in [0, 0.1) is 0 Å². The summed E-state index contributed by atoms with van der Waals surface area (Å²) in [5.41, 5.74) is 3.74. The van der Waals surface area contributed by atoms with E-state index < -0.39 is 22.0 Å². The number of hydrogen-bond donors (Lipinski definition) is 1. The first kappa shape index (κ1) is 20.1. The number of halogens is 4. The number of nitrogens with zero attached hydrogens (tertiary/aromatic N) is 1. The average molecular weight is 524 g/mol. The Hall–Kier alpha value is -0.670. The van der Waals surface area contributed by atoms with E-state index in [1.165, 1.54) is 5.01 Å². The van der Waals surface area contributed by atoms with Crippen molar-refractivity contribution in [3.63, 3.8) is 0 Å². The maximum absolute atomic E-state index is 13.1. The number of benzene rings is 2. The number of nitrogens with one attached hydrogen (secondary N) is 1. The standard InChI is InChI=1S/C17H13Br2Cl2N2O3/c18-13(12-10(20)7-4-8-11(12)21)14(19)16(24)15-17(25)26-22-23(15)9-5-2-1-3-6-9/h1-8,13-15,17,22H/q-1. The van der Waals surface area contributed by atoms with Crippen LogP contribution in [0.15, 0.2) is 48.5 Å². The van der Waals surface area contributed by atoms with Gasteiger partial charge in [-0.05, 0) is 24.3 Å². The Morgan fingerprint density at radius 1 is 1.12 bits per heavy atom. The van der Waals surface area contributed by atoms with E-state index in [4.69, 9.17) is 28.0 Å². The molecule has 26 heavy (non-hydrogen) atoms. The maximum atomic E-state index is 13.1. The maximum Gasteiger partial charge on any atom is 0.173 e. The predicted octanol–water partition coefficient (Wildman–Crippen LogP) is 3.77. The Kier molecular flexibility index (Phi) is 6.61. The van der Waals surface area contributed by atoms with E-state index in [1.807, 2.05) is 6.07 Å². The number of carbonyl (C=O) groups excluding carboxylic acids is 1. The third-order valence-electron chi connectivity index (χ3n) is 3.93. The minimum absolute atomic E-state index is 0.364. The first-order valence-electron chi connectivity index (χ1n) is 7.59. The third kappa shape index (κ3) is 3.94. The Labute approximate surface area is 177 Å². The lowest BCUT2D eigenvalue weighted by Crippen LogP contribution is -2.51. The van der Waals surface area contributed by atoms with Crippen LogP contribution in [0.25, 0.3) is 0 Å². The molecule has 138 valence electrons. The number of Topliss-reactive ketones (excluding diaryl/α,β-unsaturated/α-hetero) is 1. The molecule has 0 aliphatic carbocycles. The molecule has 2 aromatic rings. The van der Waals surface area contributed by atoms with Crippen molar-refractivity contribution in [1.29, 1.82) is 0 Å². The van der Waals surface area contributed by atoms with Crippen LogP contribution in [0.1, 0.15) is 10.4 Å². The zero-order valence-corrected chi connectivity index (χ0v) is 17.8. The fourth-order valence-corrected chi connectivity index (χ4v) is 4.83. The van der Waals surface area contributed by atoms with Gasteiger partial charge in [0.15, 0.2) is 5.78 Å². The predicted molar refractivity (Wildman–Crippen MR) is 107 cm³/mol. The van der Waals surface area contributed by atoms with E-state index in [0.717, 1.165) is 0 Å². The summed E-state index contributed by atoms with van der Waals surface area (Å²) < 4.78 is 0. The Bertz CT molecular complexity index is 777. The Balaban J connectivity index is 1.87. The van der Waals surface area contributed by atoms with Gasteiger partial charge in [0.25, 0.3) is 0 Å². The van der Waals surface area contributed by atoms with Crippen molar-refractivity contribution in [2.45, 2.75) is 22.0 Å². The number of para-hydroxylation sites is 1. The Morgan fingerprint density at radius 2 is 1.73 bits per heavy atom. The second-order valence-corrected chi connectivity index (χ2v) is 8.36. The molecule has 1 aliphatic rings. The van der Waals surface area contributed by atoms with Crippen molar-refractivity contribution in [3.8, 4) is 0 Å². The van der Waals surface area contributed by atoms with E-state index in [9.17, 15) is 9.90 Å². The smallest absolute Gasteiger partial charge is 0.173 e. The van der Waals surface area contributed by atoms with Crippen molar-refractivity contribution in [2.24, 2.45) is 0 Å². The molecule has 0 saturated carbocycles. The molecule has 0 spiro atoms. The van der Waals surface area contributed by atoms with E-state index in [2.05, 4.69) is 37.4 Å². The van der Waals surface area contributed by atoms with Gasteiger partial charge in [-0.25, -0.2) is 0 Å². The fourth-order valence-electron chi connectivity index (χ4n) is 2.64. The Morgan fingerprint density at radius 3 is 2.35 bits per heavy atom. The summed E-state index contributed by atoms with van der Waals surface area (Å²) in [5.74, 6) is -0.364. The topological polar surface area (TPSA) is 64.6 Å². The molecule has 0 radical (unpaired) electrons. The number of alkyl halides is 2. The lowest BCUT2D eigenvalue weighted by atomic mass is 10.0. The van der Waals surface area contributed by atoms with Crippen LogP contribution in [0.4, 0.5) is 5.69 Å². The molecule has 0 amide bonds. The lowest BCUT2D eigenvalue weighted by molar-refractivity contribution is -0.488. The first-order valence-corrected chi connectivity index (χ1v) is 10.2. The minimum atomic E-state index is -1.58. The molecule has 1 heterocycles. The molecule has 0 bridgehead atoms. The van der Waals surface area contributed by atoms with Crippen LogP contribution >= 0.6 is 55.1 Å². The fraction of sp³-hybridized carbons (Fsp3) is 0.235. The molecule has 2 aromatic carbocycles. The summed E-state index contributed by atoms with van der Waals surface area (Å²) in [7, 11) is 0. The van der Waals surface area contributed by atoms with Crippen molar-refractivity contribution < 1.29 is 14.7 Å². The molecular formula is C17H13Br2Cl2N2O3-. The number of rotatable bonds is 5. The summed E-state index contributed by atoms with van der Waals surface area (Å²) >= 11 is 19.3. The molecule has 1 saturated heterocycles. The van der Waals surface area contributed by atoms with Gasteiger partial charge in [0.1, 0.15) is 6.04 Å². The third-order valence-corrected chi connectivity index (χ3v) is 7.27. The van der Waals surface area contributed by atoms with Gasteiger partial charge in [0.2, 0.25) is 0 Å². The van der Waals surface area contributed by atoms with Gasteiger partial charge in [0, 0.05) is 21.9 Å². The van der Waals surface area contributed by atoms with Crippen LogP contribution in [0.5, 0.6) is 0 Å². The van der Waals surface area contributed by atoms with E-state index >= 15 is 0 Å². The summed E-state index contributed by atoms with van der Waals surface area (Å²) in [6.45, 7) is 0. The molecule has 9 heteroatoms. The second kappa shape index (κ2) is 8.56. The van der Waals surface area contributed by atoms with Gasteiger partial charge in [-0.15, -0.1) is 5.59 Å². The van der Waals surface area contributed by atoms with Crippen LogP contribution in [-0.4, -0.2) is 22.9 Å². The number of anilines is 1. The van der Waals surface area contributed by atoms with Gasteiger partial charge in [-0.1, -0.05) is 79.3 Å². The van der Waals surface area contributed by atoms with E-state index in [-0.39, 0.29) is 5.78 Å². The average Bonchev–Trinajstić information content (AvgIpc) is 3.02. The summed E-state index contributed by atoms with van der Waals surface area (Å²) in [5, 5.41) is 14.5. The van der Waals surface area contributed by atoms with Gasteiger partial charge >= 0.3 is 0 Å². The number of ketones is 1. The van der Waals surface area contributed by atoms with Gasteiger partial charge in [0.05, 0.1) is 15.3 Å². The highest BCUT2D eigenvalue weighted by atomic mass is 79.9. The van der Waals surface area contributed by atoms with Crippen LogP contribution in [-0.2, 0) is 9.63 Å². The van der Waals surface area contributed by atoms with Crippen molar-refractivity contribution in [1.82, 2.24) is 5.59 Å². The first-order chi connectivity index (χ1) is 12.4. The molecule has 5 nitrogen and oxygen atoms in total. The summed E-state index contributed by atoms with van der Waals surface area (Å²) in [6, 6.07) is 13.0. The molecule has 4 atom stereocenters. The number of carbonyl (C=O) groups is 1. The monoisotopic (exact) mass is 521 g/mol. The molecule has 1 aliphatic heterocycles. The van der Waals surface area contributed by atoms with Crippen LogP contribution < -0.4 is 15.7 Å². The van der Waals surface area contributed by atoms with Crippen molar-refractivity contribution >= 4 is 66.5 Å². The number of hydrazine groups is 1. The normalized spacial score (nSPS) is 22.3. The molecule has 3 rings (SSSR count). The molecule has 1 fully saturated rings. The largest absolute Gasteiger partial charge is 0.828 e. The summed E-state index contributed by atoms with van der Waals surface area (Å²) in [4.78, 5) is 16.7. The van der Waals surface area contributed by atoms with Gasteiger partial charge < -0.3 is 5.11 Å². The van der Waals surface area contributed by atoms with Crippen molar-refractivity contribution in [2.75, 3.05) is 5.01 Å². The van der Waals surface area contributed by atoms with Crippen LogP contribution in [0.2, 0.25) is 10.0 Å². The summed E-state index contributed by atoms with van der Waals surface area (Å²) in [6.07, 6.45) is -1.58. The zero-order valence-electron chi connectivity index (χ0n) is 13.1. The highest BCUT2D eigenvalue weighted by Gasteiger charge is 2.41. The molecule has 4 unspecified atom stereocenters. The number of hydrogen-bond acceptors (Lipinski definition) is 5. The lowest BCUT2D eigenvalue weighted by Gasteiger charge is -2.30. The quantitative estimate of drug-likeness (QED) is 0.604. The van der Waals surface area contributed by atoms with Gasteiger partial charge in [-0.3, -0.25) is 14.6 Å². The SMILES string of the molecule is O=C(C(Br)C(Br)c1c(Cl)cccc1Cl)C1C([O-])ONN1c1ccccc1. The van der Waals surface area contributed by atoms with Crippen molar-refractivity contribution in [3.05, 3.63) is 64.1 Å². The zero-order chi connectivity index (χ0) is 18.8. The highest BCUT2D eigenvalue weighted by Crippen LogP contribution is 2.41. The molecule has 1 N–H and O–H groups in total. The van der Waals surface area contributed by atoms with Gasteiger partial charge in [-0.2, -0.15) is 0 Å². The second-order valence-electron chi connectivity index (χ2n) is 5.57. The minimum Gasteiger partial charge on any atom is -0.828 e.